The quantitative estimate of drug-likeness (QED) is 0.397. The molecule has 2 unspecified atom stereocenters. The Hall–Kier alpha value is -1.89. The van der Waals surface area contributed by atoms with Crippen LogP contribution in [0.25, 0.3) is 0 Å². The molecule has 1 heterocycles. The van der Waals surface area contributed by atoms with Crippen LogP contribution in [-0.4, -0.2) is 36.7 Å². The maximum atomic E-state index is 12.6. The summed E-state index contributed by atoms with van der Waals surface area (Å²) in [4.78, 5) is 0. The second kappa shape index (κ2) is 11.7. The minimum absolute atomic E-state index is 0.0142. The molecule has 0 bridgehead atoms. The molecule has 0 amide bonds. The number of sulfonamides is 1. The van der Waals surface area contributed by atoms with E-state index in [9.17, 15) is 13.5 Å². The minimum atomic E-state index is -3.42. The molecule has 1 saturated heterocycles. The van der Waals surface area contributed by atoms with E-state index in [2.05, 4.69) is 32.9 Å². The van der Waals surface area contributed by atoms with Gasteiger partial charge in [0.05, 0.1) is 18.4 Å². The Kier molecular flexibility index (Phi) is 9.19. The summed E-state index contributed by atoms with van der Waals surface area (Å²) in [6.07, 6.45) is 7.51. The molecule has 0 saturated carbocycles. The Bertz CT molecular complexity index is 1020. The summed E-state index contributed by atoms with van der Waals surface area (Å²) < 4.78 is 33.0. The van der Waals surface area contributed by atoms with E-state index in [1.54, 1.807) is 0 Å². The van der Waals surface area contributed by atoms with Crippen molar-refractivity contribution in [2.24, 2.45) is 0 Å². The van der Waals surface area contributed by atoms with Crippen molar-refractivity contribution in [2.75, 3.05) is 12.8 Å². The summed E-state index contributed by atoms with van der Waals surface area (Å²) in [5.74, 6) is 0.704. The smallest absolute Gasteiger partial charge is 0.211 e. The first-order chi connectivity index (χ1) is 16.1. The number of ether oxygens (including phenoxy) is 1. The van der Waals surface area contributed by atoms with E-state index >= 15 is 0 Å². The molecule has 1 N–H and O–H groups in total. The highest BCUT2D eigenvalue weighted by Crippen LogP contribution is 2.41. The van der Waals surface area contributed by atoms with Crippen LogP contribution in [0.15, 0.2) is 48.5 Å². The second-order valence-corrected chi connectivity index (χ2v) is 12.2. The molecule has 0 aromatic heterocycles. The molecule has 0 spiro atoms. The number of rotatable bonds is 11. The van der Waals surface area contributed by atoms with Gasteiger partial charge in [-0.05, 0) is 41.9 Å². The van der Waals surface area contributed by atoms with Gasteiger partial charge in [0.25, 0.3) is 0 Å². The van der Waals surface area contributed by atoms with Crippen molar-refractivity contribution in [3.63, 3.8) is 0 Å². The molecule has 1 aliphatic heterocycles. The molecular formula is C28H41NO4S. The first-order valence-electron chi connectivity index (χ1n) is 12.6. The Labute approximate surface area is 206 Å². The number of nitrogens with zero attached hydrogens (tertiary/aromatic N) is 1. The number of aliphatic hydroxyl groups is 1. The zero-order valence-corrected chi connectivity index (χ0v) is 22.0. The van der Waals surface area contributed by atoms with Crippen LogP contribution in [-0.2, 0) is 22.0 Å². The summed E-state index contributed by atoms with van der Waals surface area (Å²) in [6, 6.07) is 15.8. The van der Waals surface area contributed by atoms with Gasteiger partial charge in [0.1, 0.15) is 12.4 Å². The Morgan fingerprint density at radius 2 is 1.82 bits per heavy atom. The summed E-state index contributed by atoms with van der Waals surface area (Å²) >= 11 is 0. The van der Waals surface area contributed by atoms with E-state index in [1.807, 2.05) is 36.4 Å². The molecule has 0 aliphatic carbocycles. The van der Waals surface area contributed by atoms with Gasteiger partial charge in [0, 0.05) is 12.1 Å². The van der Waals surface area contributed by atoms with Crippen molar-refractivity contribution < 1.29 is 18.3 Å². The van der Waals surface area contributed by atoms with Crippen LogP contribution in [0.3, 0.4) is 0 Å². The first kappa shape index (κ1) is 26.7. The SMILES string of the molecule is CCCCCCC(C)(C)c1ccc(C2CC(O)CCN2S(C)(=O)=O)c(OCc2ccccc2)c1. The summed E-state index contributed by atoms with van der Waals surface area (Å²) in [6.45, 7) is 7.47. The fourth-order valence-electron chi connectivity index (χ4n) is 4.83. The number of hydrogen-bond acceptors (Lipinski definition) is 4. The third-order valence-electron chi connectivity index (χ3n) is 7.00. The molecular weight excluding hydrogens is 446 g/mol. The van der Waals surface area contributed by atoms with Crippen LogP contribution in [0.1, 0.15) is 88.4 Å². The second-order valence-electron chi connectivity index (χ2n) is 10.3. The van der Waals surface area contributed by atoms with Crippen LogP contribution >= 0.6 is 0 Å². The zero-order valence-electron chi connectivity index (χ0n) is 21.2. The third kappa shape index (κ3) is 7.06. The highest BCUT2D eigenvalue weighted by molar-refractivity contribution is 7.88. The summed E-state index contributed by atoms with van der Waals surface area (Å²) in [7, 11) is -3.42. The molecule has 188 valence electrons. The van der Waals surface area contributed by atoms with Crippen LogP contribution < -0.4 is 4.74 Å². The largest absolute Gasteiger partial charge is 0.489 e. The van der Waals surface area contributed by atoms with Crippen molar-refractivity contribution in [2.45, 2.75) is 89.9 Å². The highest BCUT2D eigenvalue weighted by Gasteiger charge is 2.36. The van der Waals surface area contributed by atoms with E-state index in [0.717, 1.165) is 17.5 Å². The Morgan fingerprint density at radius 3 is 2.50 bits per heavy atom. The maximum Gasteiger partial charge on any atom is 0.211 e. The predicted molar refractivity (Wildman–Crippen MR) is 139 cm³/mol. The van der Waals surface area contributed by atoms with Crippen molar-refractivity contribution in [1.82, 2.24) is 4.31 Å². The number of piperidine rings is 1. The predicted octanol–water partition coefficient (Wildman–Crippen LogP) is 5.97. The van der Waals surface area contributed by atoms with Gasteiger partial charge in [-0.15, -0.1) is 0 Å². The van der Waals surface area contributed by atoms with E-state index < -0.39 is 22.2 Å². The molecule has 2 atom stereocenters. The van der Waals surface area contributed by atoms with Crippen LogP contribution in [0.4, 0.5) is 0 Å². The topological polar surface area (TPSA) is 66.8 Å². The van der Waals surface area contributed by atoms with E-state index in [4.69, 9.17) is 4.74 Å². The number of hydrogen-bond donors (Lipinski definition) is 1. The average molecular weight is 488 g/mol. The molecule has 34 heavy (non-hydrogen) atoms. The monoisotopic (exact) mass is 487 g/mol. The molecule has 5 nitrogen and oxygen atoms in total. The van der Waals surface area contributed by atoms with Gasteiger partial charge in [0.2, 0.25) is 10.0 Å². The molecule has 3 rings (SSSR count). The van der Waals surface area contributed by atoms with Gasteiger partial charge >= 0.3 is 0 Å². The van der Waals surface area contributed by atoms with Crippen molar-refractivity contribution in [3.05, 3.63) is 65.2 Å². The van der Waals surface area contributed by atoms with Crippen LogP contribution in [0, 0.1) is 0 Å². The fraction of sp³-hybridized carbons (Fsp3) is 0.571. The lowest BCUT2D eigenvalue weighted by atomic mass is 9.79. The highest BCUT2D eigenvalue weighted by atomic mass is 32.2. The van der Waals surface area contributed by atoms with Crippen molar-refractivity contribution in [3.8, 4) is 5.75 Å². The van der Waals surface area contributed by atoms with Gasteiger partial charge in [-0.1, -0.05) is 88.9 Å². The van der Waals surface area contributed by atoms with E-state index in [1.165, 1.54) is 41.8 Å². The van der Waals surface area contributed by atoms with E-state index in [0.29, 0.717) is 31.7 Å². The maximum absolute atomic E-state index is 12.6. The minimum Gasteiger partial charge on any atom is -0.489 e. The molecule has 2 aromatic rings. The van der Waals surface area contributed by atoms with Gasteiger partial charge < -0.3 is 9.84 Å². The molecule has 6 heteroatoms. The van der Waals surface area contributed by atoms with Gasteiger partial charge in [0.15, 0.2) is 0 Å². The Balaban J connectivity index is 1.95. The zero-order chi connectivity index (χ0) is 24.8. The lowest BCUT2D eigenvalue weighted by Gasteiger charge is -2.37. The molecule has 1 aliphatic rings. The molecule has 0 radical (unpaired) electrons. The summed E-state index contributed by atoms with van der Waals surface area (Å²) in [5, 5.41) is 10.4. The molecule has 2 aromatic carbocycles. The first-order valence-corrected chi connectivity index (χ1v) is 14.4. The molecule has 1 fully saturated rings. The fourth-order valence-corrected chi connectivity index (χ4v) is 5.93. The third-order valence-corrected chi connectivity index (χ3v) is 8.29. The van der Waals surface area contributed by atoms with E-state index in [-0.39, 0.29) is 5.41 Å². The number of benzene rings is 2. The lowest BCUT2D eigenvalue weighted by molar-refractivity contribution is 0.0799. The summed E-state index contributed by atoms with van der Waals surface area (Å²) in [5.41, 5.74) is 3.06. The number of unbranched alkanes of at least 4 members (excludes halogenated alkanes) is 3. The normalized spacial score (nSPS) is 19.8. The van der Waals surface area contributed by atoms with Gasteiger partial charge in [-0.3, -0.25) is 0 Å². The average Bonchev–Trinajstić information content (AvgIpc) is 2.80. The van der Waals surface area contributed by atoms with Crippen molar-refractivity contribution in [1.29, 1.82) is 0 Å². The van der Waals surface area contributed by atoms with Crippen molar-refractivity contribution >= 4 is 10.0 Å². The standard InChI is InChI=1S/C28H41NO4S/c1-5-6-7-11-17-28(2,3)23-14-15-25(26-20-24(30)16-18-29(26)34(4,31)32)27(19-23)33-21-22-12-9-8-10-13-22/h8-10,12-15,19,24,26,30H,5-7,11,16-18,20-21H2,1-4H3. The van der Waals surface area contributed by atoms with Gasteiger partial charge in [-0.2, -0.15) is 4.31 Å². The van der Waals surface area contributed by atoms with Crippen LogP contribution in [0.5, 0.6) is 5.75 Å². The van der Waals surface area contributed by atoms with Gasteiger partial charge in [-0.25, -0.2) is 8.42 Å². The Morgan fingerprint density at radius 1 is 1.09 bits per heavy atom. The van der Waals surface area contributed by atoms with Crippen LogP contribution in [0.2, 0.25) is 0 Å². The number of aliphatic hydroxyl groups excluding tert-OH is 1. The lowest BCUT2D eigenvalue weighted by Crippen LogP contribution is -2.42.